The highest BCUT2D eigenvalue weighted by Crippen LogP contribution is 2.14. The van der Waals surface area contributed by atoms with Gasteiger partial charge in [-0.15, -0.1) is 0 Å². The number of carboxylic acid groups (broad SMARTS) is 1. The van der Waals surface area contributed by atoms with Crippen LogP contribution in [0.3, 0.4) is 0 Å². The molecule has 1 heterocycles. The van der Waals surface area contributed by atoms with Gasteiger partial charge in [0, 0.05) is 6.07 Å². The molecule has 0 radical (unpaired) electrons. The lowest BCUT2D eigenvalue weighted by Crippen LogP contribution is -2.07. The quantitative estimate of drug-likeness (QED) is 0.783. The van der Waals surface area contributed by atoms with E-state index in [0.29, 0.717) is 13.2 Å². The lowest BCUT2D eigenvalue weighted by molar-refractivity contribution is 0.0687. The molecule has 0 saturated carbocycles. The van der Waals surface area contributed by atoms with Crippen molar-refractivity contribution in [3.05, 3.63) is 11.8 Å². The summed E-state index contributed by atoms with van der Waals surface area (Å²) in [6.45, 7) is 4.32. The predicted molar refractivity (Wildman–Crippen MR) is 51.3 cm³/mol. The van der Waals surface area contributed by atoms with Gasteiger partial charge in [0.2, 0.25) is 5.88 Å². The van der Waals surface area contributed by atoms with Gasteiger partial charge in [-0.1, -0.05) is 0 Å². The number of hydrogen-bond donors (Lipinski definition) is 1. The summed E-state index contributed by atoms with van der Waals surface area (Å²) in [7, 11) is 0. The van der Waals surface area contributed by atoms with Crippen molar-refractivity contribution in [2.75, 3.05) is 13.2 Å². The summed E-state index contributed by atoms with van der Waals surface area (Å²) < 4.78 is 10.1. The van der Waals surface area contributed by atoms with Crippen LogP contribution in [0, 0.1) is 0 Å². The van der Waals surface area contributed by atoms with E-state index in [1.807, 2.05) is 0 Å². The predicted octanol–water partition coefficient (Wildman–Crippen LogP) is 0.972. The molecule has 0 atom stereocenters. The first-order valence-electron chi connectivity index (χ1n) is 4.55. The van der Waals surface area contributed by atoms with Crippen molar-refractivity contribution in [2.24, 2.45) is 0 Å². The van der Waals surface area contributed by atoms with Crippen LogP contribution >= 0.6 is 0 Å². The van der Waals surface area contributed by atoms with E-state index < -0.39 is 5.97 Å². The zero-order chi connectivity index (χ0) is 11.3. The summed E-state index contributed by atoms with van der Waals surface area (Å²) in [5.74, 6) is -0.937. The third kappa shape index (κ3) is 3.08. The number of aromatic nitrogens is 2. The van der Waals surface area contributed by atoms with Crippen molar-refractivity contribution in [1.82, 2.24) is 9.97 Å². The van der Waals surface area contributed by atoms with Crippen LogP contribution in [0.2, 0.25) is 0 Å². The summed E-state index contributed by atoms with van der Waals surface area (Å²) in [6, 6.07) is 1.27. The van der Waals surface area contributed by atoms with Gasteiger partial charge in [0.15, 0.2) is 5.69 Å². The summed E-state index contributed by atoms with van der Waals surface area (Å²) >= 11 is 0. The fraction of sp³-hybridized carbons (Fsp3) is 0.444. The molecule has 1 aromatic rings. The van der Waals surface area contributed by atoms with Crippen molar-refractivity contribution in [3.63, 3.8) is 0 Å². The molecule has 0 amide bonds. The average Bonchev–Trinajstić information content (AvgIpc) is 2.18. The average molecular weight is 212 g/mol. The Bertz CT molecular complexity index is 330. The van der Waals surface area contributed by atoms with E-state index in [0.717, 1.165) is 0 Å². The standard InChI is InChI=1S/C9H12N2O4/c1-3-14-7-5-6(8(12)13)10-9(11-7)15-4-2/h5H,3-4H2,1-2H3,(H,12,13). The largest absolute Gasteiger partial charge is 0.478 e. The Hall–Kier alpha value is -1.85. The Morgan fingerprint density at radius 1 is 1.33 bits per heavy atom. The van der Waals surface area contributed by atoms with Gasteiger partial charge in [0.25, 0.3) is 0 Å². The van der Waals surface area contributed by atoms with Crippen LogP contribution in [0.1, 0.15) is 24.3 Å². The van der Waals surface area contributed by atoms with Gasteiger partial charge in [0.05, 0.1) is 13.2 Å². The molecule has 0 aliphatic rings. The Labute approximate surface area is 86.9 Å². The van der Waals surface area contributed by atoms with Crippen LogP contribution in [0.25, 0.3) is 0 Å². The molecule has 0 aromatic carbocycles. The highest BCUT2D eigenvalue weighted by molar-refractivity contribution is 5.85. The van der Waals surface area contributed by atoms with E-state index in [9.17, 15) is 4.79 Å². The van der Waals surface area contributed by atoms with E-state index in [4.69, 9.17) is 14.6 Å². The topological polar surface area (TPSA) is 81.5 Å². The maximum atomic E-state index is 10.7. The Morgan fingerprint density at radius 3 is 2.53 bits per heavy atom. The maximum Gasteiger partial charge on any atom is 0.354 e. The van der Waals surface area contributed by atoms with Crippen LogP contribution in [-0.4, -0.2) is 34.3 Å². The first-order chi connectivity index (χ1) is 7.17. The van der Waals surface area contributed by atoms with Gasteiger partial charge in [-0.05, 0) is 13.8 Å². The molecule has 0 bridgehead atoms. The molecule has 0 fully saturated rings. The molecule has 15 heavy (non-hydrogen) atoms. The first kappa shape index (κ1) is 11.2. The lowest BCUT2D eigenvalue weighted by Gasteiger charge is -2.05. The minimum absolute atomic E-state index is 0.0147. The molecule has 1 rings (SSSR count). The van der Waals surface area contributed by atoms with Gasteiger partial charge in [-0.2, -0.15) is 9.97 Å². The number of rotatable bonds is 5. The molecule has 0 unspecified atom stereocenters. The van der Waals surface area contributed by atoms with E-state index in [-0.39, 0.29) is 17.6 Å². The molecule has 82 valence electrons. The fourth-order valence-corrected chi connectivity index (χ4v) is 0.929. The van der Waals surface area contributed by atoms with Crippen molar-refractivity contribution in [3.8, 4) is 11.9 Å². The summed E-state index contributed by atoms with van der Waals surface area (Å²) in [5, 5.41) is 8.77. The highest BCUT2D eigenvalue weighted by atomic mass is 16.5. The second-order valence-electron chi connectivity index (χ2n) is 2.55. The van der Waals surface area contributed by atoms with Crippen LogP contribution in [-0.2, 0) is 0 Å². The Kier molecular flexibility index (Phi) is 3.84. The molecule has 0 saturated heterocycles. The molecule has 1 aromatic heterocycles. The van der Waals surface area contributed by atoms with Gasteiger partial charge < -0.3 is 14.6 Å². The van der Waals surface area contributed by atoms with Crippen LogP contribution in [0.15, 0.2) is 6.07 Å². The van der Waals surface area contributed by atoms with E-state index >= 15 is 0 Å². The van der Waals surface area contributed by atoms with Crippen molar-refractivity contribution < 1.29 is 19.4 Å². The van der Waals surface area contributed by atoms with Crippen LogP contribution in [0.4, 0.5) is 0 Å². The molecule has 0 spiro atoms. The molecular formula is C9H12N2O4. The second-order valence-corrected chi connectivity index (χ2v) is 2.55. The Balaban J connectivity index is 3.02. The zero-order valence-electron chi connectivity index (χ0n) is 8.56. The van der Waals surface area contributed by atoms with Gasteiger partial charge in [0.1, 0.15) is 0 Å². The van der Waals surface area contributed by atoms with E-state index in [2.05, 4.69) is 9.97 Å². The third-order valence-corrected chi connectivity index (χ3v) is 1.47. The number of carbonyl (C=O) groups is 1. The maximum absolute atomic E-state index is 10.7. The normalized spacial score (nSPS) is 9.73. The van der Waals surface area contributed by atoms with Gasteiger partial charge >= 0.3 is 12.0 Å². The summed E-state index contributed by atoms with van der Waals surface area (Å²) in [5.41, 5.74) is -0.142. The fourth-order valence-electron chi connectivity index (χ4n) is 0.929. The monoisotopic (exact) mass is 212 g/mol. The number of ether oxygens (including phenoxy) is 2. The Morgan fingerprint density at radius 2 is 2.00 bits per heavy atom. The lowest BCUT2D eigenvalue weighted by atomic mass is 10.4. The minimum Gasteiger partial charge on any atom is -0.478 e. The SMILES string of the molecule is CCOc1cc(C(=O)O)nc(OCC)n1. The molecular weight excluding hydrogens is 200 g/mol. The summed E-state index contributed by atoms with van der Waals surface area (Å²) in [4.78, 5) is 18.3. The smallest absolute Gasteiger partial charge is 0.354 e. The van der Waals surface area contributed by atoms with Crippen molar-refractivity contribution >= 4 is 5.97 Å². The molecule has 1 N–H and O–H groups in total. The number of aromatic carboxylic acids is 1. The van der Waals surface area contributed by atoms with Gasteiger partial charge in [-0.25, -0.2) is 4.79 Å². The summed E-state index contributed by atoms with van der Waals surface area (Å²) in [6.07, 6.45) is 0. The van der Waals surface area contributed by atoms with Gasteiger partial charge in [-0.3, -0.25) is 0 Å². The second kappa shape index (κ2) is 5.14. The molecule has 6 heteroatoms. The highest BCUT2D eigenvalue weighted by Gasteiger charge is 2.11. The van der Waals surface area contributed by atoms with Crippen molar-refractivity contribution in [1.29, 1.82) is 0 Å². The van der Waals surface area contributed by atoms with E-state index in [1.165, 1.54) is 6.07 Å². The molecule has 0 aliphatic carbocycles. The first-order valence-corrected chi connectivity index (χ1v) is 4.55. The van der Waals surface area contributed by atoms with Crippen LogP contribution in [0.5, 0.6) is 11.9 Å². The van der Waals surface area contributed by atoms with E-state index in [1.54, 1.807) is 13.8 Å². The zero-order valence-corrected chi connectivity index (χ0v) is 8.56. The van der Waals surface area contributed by atoms with Crippen molar-refractivity contribution in [2.45, 2.75) is 13.8 Å². The third-order valence-electron chi connectivity index (χ3n) is 1.47. The number of carboxylic acids is 1. The molecule has 6 nitrogen and oxygen atoms in total. The number of nitrogens with zero attached hydrogens (tertiary/aromatic N) is 2. The van der Waals surface area contributed by atoms with Crippen LogP contribution < -0.4 is 9.47 Å². The molecule has 0 aliphatic heterocycles. The minimum atomic E-state index is -1.14. The number of hydrogen-bond acceptors (Lipinski definition) is 5.